The van der Waals surface area contributed by atoms with Crippen LogP contribution in [0.5, 0.6) is 0 Å². The van der Waals surface area contributed by atoms with Gasteiger partial charge in [0, 0.05) is 11.5 Å². The minimum atomic E-state index is -4.79. The van der Waals surface area contributed by atoms with Crippen molar-refractivity contribution in [1.82, 2.24) is 15.1 Å². The summed E-state index contributed by atoms with van der Waals surface area (Å²) in [6.45, 7) is 5.72. The molecule has 0 aliphatic heterocycles. The largest absolute Gasteiger partial charge is 0.418 e. The molecule has 0 atom stereocenters. The van der Waals surface area contributed by atoms with Crippen LogP contribution in [-0.4, -0.2) is 15.1 Å². The van der Waals surface area contributed by atoms with Gasteiger partial charge in [0.05, 0.1) is 22.3 Å². The predicted molar refractivity (Wildman–Crippen MR) is 101 cm³/mol. The average Bonchev–Trinajstić information content (AvgIpc) is 3.26. The van der Waals surface area contributed by atoms with E-state index >= 15 is 0 Å². The lowest BCUT2D eigenvalue weighted by Crippen LogP contribution is -2.10. The molecular weight excluding hydrogens is 405 g/mol. The average molecular weight is 421 g/mol. The number of fused-ring (bicyclic) bond motifs is 1. The number of aromatic amines is 1. The van der Waals surface area contributed by atoms with Gasteiger partial charge in [0.1, 0.15) is 17.2 Å². The summed E-state index contributed by atoms with van der Waals surface area (Å²) >= 11 is 0. The van der Waals surface area contributed by atoms with E-state index in [0.717, 1.165) is 18.2 Å². The molecule has 2 heterocycles. The summed E-state index contributed by atoms with van der Waals surface area (Å²) in [7, 11) is 0. The Kier molecular flexibility index (Phi) is 4.44. The van der Waals surface area contributed by atoms with Crippen LogP contribution in [0.25, 0.3) is 33.7 Å². The Morgan fingerprint density at radius 3 is 2.20 bits per heavy atom. The number of H-pyrrole nitrogens is 1. The topological polar surface area (TPSA) is 54.7 Å². The quantitative estimate of drug-likeness (QED) is 0.377. The molecule has 0 bridgehead atoms. The Labute approximate surface area is 167 Å². The van der Waals surface area contributed by atoms with Crippen molar-refractivity contribution in [3.05, 3.63) is 59.3 Å². The predicted octanol–water partition coefficient (Wildman–Crippen LogP) is 6.48. The van der Waals surface area contributed by atoms with Crippen LogP contribution in [0.3, 0.4) is 0 Å². The number of hydrogen-bond acceptors (Lipinski definition) is 3. The zero-order valence-corrected chi connectivity index (χ0v) is 16.2. The molecule has 0 unspecified atom stereocenters. The second-order valence-corrected chi connectivity index (χ2v) is 7.93. The highest BCUT2D eigenvalue weighted by molar-refractivity contribution is 5.87. The van der Waals surface area contributed by atoms with Crippen LogP contribution in [0.4, 0.5) is 22.0 Å². The van der Waals surface area contributed by atoms with Crippen LogP contribution in [0.1, 0.15) is 32.0 Å². The maximum atomic E-state index is 14.2. The Bertz CT molecular complexity index is 1230. The first-order valence-electron chi connectivity index (χ1n) is 8.98. The van der Waals surface area contributed by atoms with E-state index < -0.39 is 28.9 Å². The molecule has 2 aromatic carbocycles. The molecule has 4 rings (SSSR count). The Morgan fingerprint density at radius 1 is 0.967 bits per heavy atom. The lowest BCUT2D eigenvalue weighted by Gasteiger charge is -2.12. The van der Waals surface area contributed by atoms with E-state index in [4.69, 9.17) is 4.52 Å². The zero-order valence-electron chi connectivity index (χ0n) is 16.2. The fourth-order valence-corrected chi connectivity index (χ4v) is 3.11. The van der Waals surface area contributed by atoms with Gasteiger partial charge in [-0.15, -0.1) is 0 Å². The third-order valence-corrected chi connectivity index (χ3v) is 4.66. The molecule has 0 aliphatic rings. The highest BCUT2D eigenvalue weighted by Gasteiger charge is 2.35. The van der Waals surface area contributed by atoms with Gasteiger partial charge in [-0.1, -0.05) is 32.0 Å². The smallest absolute Gasteiger partial charge is 0.353 e. The summed E-state index contributed by atoms with van der Waals surface area (Å²) in [5.74, 6) is -1.74. The molecule has 0 spiro atoms. The number of hydrogen-bond donors (Lipinski definition) is 1. The molecule has 4 nitrogen and oxygen atoms in total. The monoisotopic (exact) mass is 421 g/mol. The van der Waals surface area contributed by atoms with E-state index in [1.165, 1.54) is 6.07 Å². The van der Waals surface area contributed by atoms with Crippen molar-refractivity contribution in [3.8, 4) is 22.7 Å². The van der Waals surface area contributed by atoms with Gasteiger partial charge in [0.15, 0.2) is 5.82 Å². The normalized spacial score (nSPS) is 12.7. The maximum absolute atomic E-state index is 14.2. The summed E-state index contributed by atoms with van der Waals surface area (Å²) in [6.07, 6.45) is -4.79. The van der Waals surface area contributed by atoms with E-state index in [1.807, 2.05) is 20.8 Å². The fraction of sp³-hybridized carbons (Fsp3) is 0.238. The van der Waals surface area contributed by atoms with E-state index in [9.17, 15) is 22.0 Å². The van der Waals surface area contributed by atoms with Crippen molar-refractivity contribution in [2.45, 2.75) is 32.4 Å². The number of rotatable bonds is 2. The Morgan fingerprint density at radius 2 is 1.63 bits per heavy atom. The van der Waals surface area contributed by atoms with Crippen molar-refractivity contribution in [2.24, 2.45) is 0 Å². The maximum Gasteiger partial charge on any atom is 0.418 e. The second kappa shape index (κ2) is 6.65. The van der Waals surface area contributed by atoms with Crippen molar-refractivity contribution < 1.29 is 26.5 Å². The molecule has 0 amide bonds. The van der Waals surface area contributed by atoms with Gasteiger partial charge in [-0.05, 0) is 29.8 Å². The minimum absolute atomic E-state index is 0.0321. The SMILES string of the molecule is CC(C)(C)c1cc(-c2nc3c(C(F)(F)F)cc(-c4c(F)cccc4F)cc3[nH]2)on1. The standard InChI is InChI=1S/C21H16F5N3O/c1-20(2,3)16-9-15(30-29-16)19-27-14-8-10(17-12(22)5-4-6-13(17)23)7-11(18(14)28-19)21(24,25)26/h4-9H,1-3H3,(H,27,28). The molecule has 0 fully saturated rings. The molecule has 9 heteroatoms. The van der Waals surface area contributed by atoms with Crippen LogP contribution in [0, 0.1) is 11.6 Å². The number of benzene rings is 2. The van der Waals surface area contributed by atoms with Gasteiger partial charge >= 0.3 is 6.18 Å². The van der Waals surface area contributed by atoms with Crippen LogP contribution < -0.4 is 0 Å². The fourth-order valence-electron chi connectivity index (χ4n) is 3.11. The summed E-state index contributed by atoms with van der Waals surface area (Å²) < 4.78 is 74.7. The molecule has 2 aromatic heterocycles. The first-order valence-corrected chi connectivity index (χ1v) is 8.98. The zero-order chi connectivity index (χ0) is 21.8. The first kappa shape index (κ1) is 20.1. The van der Waals surface area contributed by atoms with Crippen LogP contribution >= 0.6 is 0 Å². The molecule has 0 aliphatic carbocycles. The number of nitrogens with zero attached hydrogens (tertiary/aromatic N) is 2. The Hall–Kier alpha value is -3.23. The van der Waals surface area contributed by atoms with Gasteiger partial charge in [-0.25, -0.2) is 13.8 Å². The third kappa shape index (κ3) is 3.44. The van der Waals surface area contributed by atoms with Crippen LogP contribution in [0.15, 0.2) is 40.9 Å². The molecule has 4 aromatic rings. The van der Waals surface area contributed by atoms with Gasteiger partial charge in [0.25, 0.3) is 0 Å². The molecule has 30 heavy (non-hydrogen) atoms. The molecule has 1 N–H and O–H groups in total. The van der Waals surface area contributed by atoms with Crippen LogP contribution in [0.2, 0.25) is 0 Å². The van der Waals surface area contributed by atoms with Gasteiger partial charge in [-0.3, -0.25) is 0 Å². The van der Waals surface area contributed by atoms with Gasteiger partial charge in [0.2, 0.25) is 5.76 Å². The van der Waals surface area contributed by atoms with Gasteiger partial charge < -0.3 is 9.51 Å². The number of imidazole rings is 1. The lowest BCUT2D eigenvalue weighted by atomic mass is 9.92. The highest BCUT2D eigenvalue weighted by atomic mass is 19.4. The van der Waals surface area contributed by atoms with E-state index in [2.05, 4.69) is 15.1 Å². The van der Waals surface area contributed by atoms with E-state index in [1.54, 1.807) is 6.07 Å². The second-order valence-electron chi connectivity index (χ2n) is 7.93. The number of halogens is 5. The number of nitrogens with one attached hydrogen (secondary N) is 1. The molecule has 0 saturated carbocycles. The van der Waals surface area contributed by atoms with E-state index in [0.29, 0.717) is 11.8 Å². The number of aromatic nitrogens is 3. The van der Waals surface area contributed by atoms with Crippen molar-refractivity contribution >= 4 is 11.0 Å². The van der Waals surface area contributed by atoms with Crippen molar-refractivity contribution in [1.29, 1.82) is 0 Å². The number of alkyl halides is 3. The summed E-state index contributed by atoms with van der Waals surface area (Å²) in [4.78, 5) is 6.78. The minimum Gasteiger partial charge on any atom is -0.353 e. The Balaban J connectivity index is 1.94. The van der Waals surface area contributed by atoms with Gasteiger partial charge in [-0.2, -0.15) is 13.2 Å². The molecule has 0 saturated heterocycles. The van der Waals surface area contributed by atoms with Crippen molar-refractivity contribution in [3.63, 3.8) is 0 Å². The highest BCUT2D eigenvalue weighted by Crippen LogP contribution is 2.39. The summed E-state index contributed by atoms with van der Waals surface area (Å²) in [5.41, 5.74) is -2.07. The van der Waals surface area contributed by atoms with Crippen molar-refractivity contribution in [2.75, 3.05) is 0 Å². The van der Waals surface area contributed by atoms with E-state index in [-0.39, 0.29) is 33.6 Å². The van der Waals surface area contributed by atoms with Crippen LogP contribution in [-0.2, 0) is 11.6 Å². The molecular formula is C21H16F5N3O. The lowest BCUT2D eigenvalue weighted by molar-refractivity contribution is -0.136. The first-order chi connectivity index (χ1) is 13.9. The third-order valence-electron chi connectivity index (χ3n) is 4.66. The summed E-state index contributed by atoms with van der Waals surface area (Å²) in [5, 5.41) is 3.94. The summed E-state index contributed by atoms with van der Waals surface area (Å²) in [6, 6.07) is 6.61. The molecule has 156 valence electrons. The molecule has 0 radical (unpaired) electrons.